The first-order chi connectivity index (χ1) is 15.1. The van der Waals surface area contributed by atoms with Crippen LogP contribution in [-0.4, -0.2) is 42.7 Å². The second kappa shape index (κ2) is 11.8. The number of benzene rings is 2. The minimum Gasteiger partial charge on any atom is -0.492 e. The Morgan fingerprint density at radius 3 is 2.61 bits per heavy atom. The molecule has 1 aliphatic rings. The number of hydrogen-bond acceptors (Lipinski definition) is 4. The van der Waals surface area contributed by atoms with Crippen LogP contribution in [-0.2, 0) is 0 Å². The molecule has 1 unspecified atom stereocenters. The van der Waals surface area contributed by atoms with E-state index in [1.165, 1.54) is 12.1 Å². The van der Waals surface area contributed by atoms with Gasteiger partial charge in [-0.3, -0.25) is 9.59 Å². The molecule has 31 heavy (non-hydrogen) atoms. The topological polar surface area (TPSA) is 46.6 Å². The monoisotopic (exact) mass is 425 g/mol. The van der Waals surface area contributed by atoms with Crippen molar-refractivity contribution in [2.24, 2.45) is 5.92 Å². The maximum Gasteiger partial charge on any atom is 0.166 e. The van der Waals surface area contributed by atoms with Gasteiger partial charge in [0.25, 0.3) is 0 Å². The van der Waals surface area contributed by atoms with E-state index in [1.807, 2.05) is 31.2 Å². The summed E-state index contributed by atoms with van der Waals surface area (Å²) in [5, 5.41) is 0. The normalized spacial score (nSPS) is 16.8. The first-order valence-electron chi connectivity index (χ1n) is 11.3. The van der Waals surface area contributed by atoms with Gasteiger partial charge in [0.2, 0.25) is 0 Å². The van der Waals surface area contributed by atoms with E-state index in [1.54, 1.807) is 12.1 Å². The fourth-order valence-corrected chi connectivity index (χ4v) is 4.13. The molecule has 0 saturated carbocycles. The zero-order valence-corrected chi connectivity index (χ0v) is 18.3. The van der Waals surface area contributed by atoms with Gasteiger partial charge in [-0.1, -0.05) is 19.1 Å². The van der Waals surface area contributed by atoms with Gasteiger partial charge in [0.15, 0.2) is 11.6 Å². The Labute approximate surface area is 184 Å². The molecule has 166 valence electrons. The largest absolute Gasteiger partial charge is 0.492 e. The fraction of sp³-hybridized carbons (Fsp3) is 0.462. The molecule has 0 aliphatic carbocycles. The first kappa shape index (κ1) is 23.1. The zero-order valence-electron chi connectivity index (χ0n) is 18.3. The first-order valence-corrected chi connectivity index (χ1v) is 11.3. The van der Waals surface area contributed by atoms with Crippen LogP contribution in [0.3, 0.4) is 0 Å². The Hall–Kier alpha value is -2.53. The summed E-state index contributed by atoms with van der Waals surface area (Å²) in [5.74, 6) is 0.966. The van der Waals surface area contributed by atoms with Crippen LogP contribution in [0.5, 0.6) is 5.75 Å². The molecule has 0 N–H and O–H groups in total. The summed E-state index contributed by atoms with van der Waals surface area (Å²) in [4.78, 5) is 27.0. The second-order valence-electron chi connectivity index (χ2n) is 8.32. The van der Waals surface area contributed by atoms with E-state index in [2.05, 4.69) is 4.90 Å². The molecule has 1 aliphatic heterocycles. The number of ether oxygens (including phenoxy) is 1. The highest BCUT2D eigenvalue weighted by Crippen LogP contribution is 2.23. The highest BCUT2D eigenvalue weighted by molar-refractivity contribution is 5.98. The van der Waals surface area contributed by atoms with Crippen LogP contribution in [0.4, 0.5) is 4.39 Å². The average molecular weight is 426 g/mol. The average Bonchev–Trinajstić information content (AvgIpc) is 2.79. The Morgan fingerprint density at radius 1 is 1.06 bits per heavy atom. The summed E-state index contributed by atoms with van der Waals surface area (Å²) in [6.07, 6.45) is 4.84. The molecule has 0 amide bonds. The summed E-state index contributed by atoms with van der Waals surface area (Å²) >= 11 is 0. The number of halogens is 1. The lowest BCUT2D eigenvalue weighted by Gasteiger charge is -2.32. The molecule has 0 radical (unpaired) electrons. The number of likely N-dealkylation sites (tertiary alicyclic amines) is 1. The van der Waals surface area contributed by atoms with Gasteiger partial charge in [-0.25, -0.2) is 4.39 Å². The van der Waals surface area contributed by atoms with Gasteiger partial charge in [-0.2, -0.15) is 0 Å². The summed E-state index contributed by atoms with van der Waals surface area (Å²) in [6.45, 7) is 5.45. The number of piperidine rings is 1. The molecule has 1 heterocycles. The van der Waals surface area contributed by atoms with Gasteiger partial charge in [0.1, 0.15) is 11.6 Å². The number of ketones is 2. The lowest BCUT2D eigenvalue weighted by Crippen LogP contribution is -2.38. The maximum absolute atomic E-state index is 13.0. The quantitative estimate of drug-likeness (QED) is 0.442. The number of para-hydroxylation sites is 1. The Balaban J connectivity index is 1.44. The van der Waals surface area contributed by atoms with Crippen molar-refractivity contribution < 1.29 is 18.7 Å². The number of nitrogens with zero attached hydrogens (tertiary/aromatic N) is 1. The molecule has 0 spiro atoms. The Bertz CT molecular complexity index is 865. The van der Waals surface area contributed by atoms with Gasteiger partial charge in [0, 0.05) is 30.9 Å². The van der Waals surface area contributed by atoms with Crippen molar-refractivity contribution in [3.05, 3.63) is 65.5 Å². The van der Waals surface area contributed by atoms with Crippen molar-refractivity contribution in [2.75, 3.05) is 26.2 Å². The minimum absolute atomic E-state index is 0.0604. The summed E-state index contributed by atoms with van der Waals surface area (Å²) in [6, 6.07) is 13.3. The molecule has 2 aromatic rings. The summed E-state index contributed by atoms with van der Waals surface area (Å²) in [7, 11) is 0. The van der Waals surface area contributed by atoms with Crippen molar-refractivity contribution in [2.45, 2.75) is 45.4 Å². The van der Waals surface area contributed by atoms with E-state index in [-0.39, 0.29) is 17.4 Å². The third kappa shape index (κ3) is 7.00. The SMILES string of the molecule is CCCC(=O)c1ccccc1OCC1CCCN(CCCC(=O)c2ccc(F)cc2)C1. The van der Waals surface area contributed by atoms with Crippen LogP contribution in [0, 0.1) is 11.7 Å². The van der Waals surface area contributed by atoms with Gasteiger partial charge in [0.05, 0.1) is 12.2 Å². The minimum atomic E-state index is -0.324. The van der Waals surface area contributed by atoms with E-state index >= 15 is 0 Å². The van der Waals surface area contributed by atoms with E-state index in [0.717, 1.165) is 45.3 Å². The van der Waals surface area contributed by atoms with E-state index in [9.17, 15) is 14.0 Å². The van der Waals surface area contributed by atoms with E-state index < -0.39 is 0 Å². The molecule has 4 nitrogen and oxygen atoms in total. The lowest BCUT2D eigenvalue weighted by molar-refractivity contribution is 0.0948. The maximum atomic E-state index is 13.0. The molecular formula is C26H32FNO3. The third-order valence-electron chi connectivity index (χ3n) is 5.79. The zero-order chi connectivity index (χ0) is 22.1. The molecule has 1 fully saturated rings. The molecule has 1 saturated heterocycles. The second-order valence-corrected chi connectivity index (χ2v) is 8.32. The van der Waals surface area contributed by atoms with Crippen LogP contribution in [0.2, 0.25) is 0 Å². The number of carbonyl (C=O) groups excluding carboxylic acids is 2. The number of rotatable bonds is 11. The van der Waals surface area contributed by atoms with Crippen molar-refractivity contribution in [3.63, 3.8) is 0 Å². The Morgan fingerprint density at radius 2 is 1.84 bits per heavy atom. The van der Waals surface area contributed by atoms with Crippen molar-refractivity contribution >= 4 is 11.6 Å². The van der Waals surface area contributed by atoms with E-state index in [4.69, 9.17) is 4.74 Å². The van der Waals surface area contributed by atoms with E-state index in [0.29, 0.717) is 42.2 Å². The highest BCUT2D eigenvalue weighted by atomic mass is 19.1. The van der Waals surface area contributed by atoms with Crippen LogP contribution < -0.4 is 4.74 Å². The Kier molecular flexibility index (Phi) is 8.77. The van der Waals surface area contributed by atoms with Crippen LogP contribution in [0.1, 0.15) is 66.2 Å². The van der Waals surface area contributed by atoms with Crippen molar-refractivity contribution in [1.29, 1.82) is 0 Å². The highest BCUT2D eigenvalue weighted by Gasteiger charge is 2.21. The predicted octanol–water partition coefficient (Wildman–Crippen LogP) is 5.56. The van der Waals surface area contributed by atoms with Gasteiger partial charge in [-0.05, 0) is 75.2 Å². The van der Waals surface area contributed by atoms with Crippen LogP contribution in [0.15, 0.2) is 48.5 Å². The molecule has 0 aromatic heterocycles. The third-order valence-corrected chi connectivity index (χ3v) is 5.79. The molecular weight excluding hydrogens is 393 g/mol. The molecule has 3 rings (SSSR count). The van der Waals surface area contributed by atoms with Gasteiger partial charge < -0.3 is 9.64 Å². The molecule has 1 atom stereocenters. The molecule has 5 heteroatoms. The number of Topliss-reactive ketones (excluding diaryl/α,β-unsaturated/α-hetero) is 2. The van der Waals surface area contributed by atoms with Crippen LogP contribution >= 0.6 is 0 Å². The van der Waals surface area contributed by atoms with Crippen molar-refractivity contribution in [1.82, 2.24) is 4.90 Å². The fourth-order valence-electron chi connectivity index (χ4n) is 4.13. The van der Waals surface area contributed by atoms with Gasteiger partial charge >= 0.3 is 0 Å². The molecule has 0 bridgehead atoms. The van der Waals surface area contributed by atoms with Gasteiger partial charge in [-0.15, -0.1) is 0 Å². The number of carbonyl (C=O) groups is 2. The smallest absolute Gasteiger partial charge is 0.166 e. The standard InChI is InChI=1S/C26H32FNO3/c1-2-7-25(30)23-9-3-4-11-26(23)31-19-20-8-5-16-28(18-20)17-6-10-24(29)21-12-14-22(27)15-13-21/h3-4,9,11-15,20H,2,5-8,10,16-19H2,1H3. The summed E-state index contributed by atoms with van der Waals surface area (Å²) in [5.41, 5.74) is 1.25. The molecule has 2 aromatic carbocycles. The van der Waals surface area contributed by atoms with Crippen LogP contribution in [0.25, 0.3) is 0 Å². The summed E-state index contributed by atoms with van der Waals surface area (Å²) < 4.78 is 19.1. The van der Waals surface area contributed by atoms with Crippen molar-refractivity contribution in [3.8, 4) is 5.75 Å². The number of hydrogen-bond donors (Lipinski definition) is 0. The predicted molar refractivity (Wildman–Crippen MR) is 120 cm³/mol. The lowest BCUT2D eigenvalue weighted by atomic mass is 9.98.